The summed E-state index contributed by atoms with van der Waals surface area (Å²) in [6, 6.07) is 1.88. The van der Waals surface area contributed by atoms with Crippen molar-refractivity contribution < 1.29 is 37.4 Å². The summed E-state index contributed by atoms with van der Waals surface area (Å²) in [5.74, 6) is -3.94. The Balaban J connectivity index is 0.000000445. The SMILES string of the molecule is O=C(O)C(F)(F)F.O=C(O)C1CCC(F)(CNCc2ccncc2Br)CC1. The van der Waals surface area contributed by atoms with Gasteiger partial charge in [-0.05, 0) is 53.2 Å². The van der Waals surface area contributed by atoms with Gasteiger partial charge < -0.3 is 15.5 Å². The highest BCUT2D eigenvalue weighted by Crippen LogP contribution is 2.35. The predicted octanol–water partition coefficient (Wildman–Crippen LogP) is 3.55. The first kappa shape index (κ1) is 23.3. The standard InChI is InChI=1S/C14H18BrFN2O2.C2HF3O2/c15-12-8-17-6-3-11(12)7-18-9-14(16)4-1-10(2-5-14)13(19)20;3-2(4,5)1(6)7/h3,6,8,10,18H,1-2,4-5,7,9H2,(H,19,20);(H,6,7). The van der Waals surface area contributed by atoms with Crippen molar-refractivity contribution in [3.05, 3.63) is 28.5 Å². The highest BCUT2D eigenvalue weighted by Gasteiger charge is 2.38. The molecular formula is C16H19BrF4N2O4. The highest BCUT2D eigenvalue weighted by atomic mass is 79.9. The summed E-state index contributed by atoms with van der Waals surface area (Å²) in [7, 11) is 0. The van der Waals surface area contributed by atoms with E-state index in [2.05, 4.69) is 26.2 Å². The monoisotopic (exact) mass is 458 g/mol. The Kier molecular flexibility index (Phi) is 8.60. The number of hydrogen-bond donors (Lipinski definition) is 3. The molecule has 1 aromatic heterocycles. The molecule has 11 heteroatoms. The third kappa shape index (κ3) is 8.21. The zero-order chi connectivity index (χ0) is 20.7. The Hall–Kier alpha value is -1.75. The number of nitrogens with one attached hydrogen (secondary N) is 1. The Morgan fingerprint density at radius 2 is 1.85 bits per heavy atom. The molecule has 0 saturated heterocycles. The van der Waals surface area contributed by atoms with Gasteiger partial charge in [-0.15, -0.1) is 0 Å². The maximum absolute atomic E-state index is 14.5. The molecule has 0 bridgehead atoms. The van der Waals surface area contributed by atoms with Gasteiger partial charge in [-0.1, -0.05) is 0 Å². The smallest absolute Gasteiger partial charge is 0.481 e. The van der Waals surface area contributed by atoms with Gasteiger partial charge in [0.15, 0.2) is 0 Å². The molecule has 27 heavy (non-hydrogen) atoms. The molecule has 0 spiro atoms. The fraction of sp³-hybridized carbons (Fsp3) is 0.562. The van der Waals surface area contributed by atoms with Crippen molar-refractivity contribution in [1.82, 2.24) is 10.3 Å². The van der Waals surface area contributed by atoms with Gasteiger partial charge in [0.2, 0.25) is 0 Å². The number of nitrogens with zero attached hydrogens (tertiary/aromatic N) is 1. The molecule has 1 saturated carbocycles. The third-order valence-corrected chi connectivity index (χ3v) is 4.80. The van der Waals surface area contributed by atoms with E-state index in [9.17, 15) is 22.4 Å². The van der Waals surface area contributed by atoms with E-state index in [1.165, 1.54) is 0 Å². The van der Waals surface area contributed by atoms with Gasteiger partial charge in [0.25, 0.3) is 0 Å². The summed E-state index contributed by atoms with van der Waals surface area (Å²) in [5.41, 5.74) is -0.256. The highest BCUT2D eigenvalue weighted by molar-refractivity contribution is 9.10. The van der Waals surface area contributed by atoms with Gasteiger partial charge in [-0.3, -0.25) is 9.78 Å². The average molecular weight is 459 g/mol. The van der Waals surface area contributed by atoms with Crippen LogP contribution in [-0.4, -0.2) is 45.5 Å². The van der Waals surface area contributed by atoms with Crippen LogP contribution in [0.5, 0.6) is 0 Å². The number of carboxylic acids is 2. The van der Waals surface area contributed by atoms with Crippen LogP contribution in [0.2, 0.25) is 0 Å². The maximum atomic E-state index is 14.5. The van der Waals surface area contributed by atoms with Crippen molar-refractivity contribution in [3.63, 3.8) is 0 Å². The maximum Gasteiger partial charge on any atom is 0.490 e. The molecule has 0 amide bonds. The van der Waals surface area contributed by atoms with E-state index in [0.29, 0.717) is 32.2 Å². The molecule has 1 fully saturated rings. The quantitative estimate of drug-likeness (QED) is 0.583. The zero-order valence-electron chi connectivity index (χ0n) is 14.1. The lowest BCUT2D eigenvalue weighted by molar-refractivity contribution is -0.192. The third-order valence-electron chi connectivity index (χ3n) is 4.09. The van der Waals surface area contributed by atoms with Crippen LogP contribution in [0, 0.1) is 5.92 Å². The van der Waals surface area contributed by atoms with E-state index < -0.39 is 23.8 Å². The van der Waals surface area contributed by atoms with Crippen LogP contribution in [0.1, 0.15) is 31.2 Å². The molecule has 1 aromatic rings. The number of aliphatic carboxylic acids is 2. The largest absolute Gasteiger partial charge is 0.490 e. The lowest BCUT2D eigenvalue weighted by atomic mass is 9.80. The Morgan fingerprint density at radius 3 is 2.30 bits per heavy atom. The second kappa shape index (κ2) is 9.98. The molecule has 1 heterocycles. The lowest BCUT2D eigenvalue weighted by Crippen LogP contribution is -2.40. The van der Waals surface area contributed by atoms with E-state index >= 15 is 0 Å². The minimum absolute atomic E-state index is 0.258. The summed E-state index contributed by atoms with van der Waals surface area (Å²) < 4.78 is 47.2. The van der Waals surface area contributed by atoms with Gasteiger partial charge in [-0.2, -0.15) is 13.2 Å². The molecule has 2 rings (SSSR count). The zero-order valence-corrected chi connectivity index (χ0v) is 15.7. The van der Waals surface area contributed by atoms with Crippen molar-refractivity contribution in [2.75, 3.05) is 6.54 Å². The molecule has 0 aromatic carbocycles. The number of carboxylic acid groups (broad SMARTS) is 2. The van der Waals surface area contributed by atoms with Gasteiger partial charge >= 0.3 is 18.1 Å². The van der Waals surface area contributed by atoms with Crippen molar-refractivity contribution in [3.8, 4) is 0 Å². The number of carbonyl (C=O) groups is 2. The molecule has 152 valence electrons. The minimum Gasteiger partial charge on any atom is -0.481 e. The van der Waals surface area contributed by atoms with Gasteiger partial charge in [-0.25, -0.2) is 9.18 Å². The predicted molar refractivity (Wildman–Crippen MR) is 90.8 cm³/mol. The second-order valence-electron chi connectivity index (χ2n) is 6.14. The van der Waals surface area contributed by atoms with Crippen LogP contribution in [0.4, 0.5) is 17.6 Å². The van der Waals surface area contributed by atoms with Gasteiger partial charge in [0, 0.05) is 30.0 Å². The Labute approximate surface area is 161 Å². The number of hydrogen-bond acceptors (Lipinski definition) is 4. The van der Waals surface area contributed by atoms with Crippen molar-refractivity contribution in [2.45, 2.75) is 44.1 Å². The van der Waals surface area contributed by atoms with Crippen LogP contribution < -0.4 is 5.32 Å². The second-order valence-corrected chi connectivity index (χ2v) is 6.99. The topological polar surface area (TPSA) is 99.5 Å². The van der Waals surface area contributed by atoms with Gasteiger partial charge in [0.1, 0.15) is 5.67 Å². The minimum atomic E-state index is -5.08. The first-order chi connectivity index (χ1) is 12.4. The van der Waals surface area contributed by atoms with Crippen LogP contribution in [0.15, 0.2) is 22.9 Å². The van der Waals surface area contributed by atoms with Gasteiger partial charge in [0.05, 0.1) is 5.92 Å². The van der Waals surface area contributed by atoms with Crippen molar-refractivity contribution in [1.29, 1.82) is 0 Å². The van der Waals surface area contributed by atoms with Crippen LogP contribution >= 0.6 is 15.9 Å². The number of pyridine rings is 1. The molecule has 0 radical (unpaired) electrons. The summed E-state index contributed by atoms with van der Waals surface area (Å²) in [4.78, 5) is 23.7. The molecule has 6 nitrogen and oxygen atoms in total. The van der Waals surface area contributed by atoms with E-state index in [1.807, 2.05) is 6.07 Å². The average Bonchev–Trinajstić information content (AvgIpc) is 2.56. The van der Waals surface area contributed by atoms with E-state index in [1.54, 1.807) is 12.4 Å². The number of halogens is 5. The summed E-state index contributed by atoms with van der Waals surface area (Å²) in [6.45, 7) is 0.825. The number of rotatable bonds is 5. The van der Waals surface area contributed by atoms with E-state index in [4.69, 9.17) is 15.0 Å². The number of alkyl halides is 4. The van der Waals surface area contributed by atoms with Crippen LogP contribution in [-0.2, 0) is 16.1 Å². The first-order valence-corrected chi connectivity index (χ1v) is 8.75. The Bertz CT molecular complexity index is 650. The van der Waals surface area contributed by atoms with E-state index in [0.717, 1.165) is 10.0 Å². The first-order valence-electron chi connectivity index (χ1n) is 7.95. The molecular weight excluding hydrogens is 440 g/mol. The molecule has 3 N–H and O–H groups in total. The molecule has 0 aliphatic heterocycles. The van der Waals surface area contributed by atoms with E-state index in [-0.39, 0.29) is 12.5 Å². The van der Waals surface area contributed by atoms with Crippen LogP contribution in [0.25, 0.3) is 0 Å². The summed E-state index contributed by atoms with van der Waals surface area (Å²) in [5, 5.41) is 19.2. The normalized spacial score (nSPS) is 22.5. The Morgan fingerprint density at radius 1 is 1.30 bits per heavy atom. The summed E-state index contributed by atoms with van der Waals surface area (Å²) >= 11 is 3.40. The van der Waals surface area contributed by atoms with Crippen molar-refractivity contribution >= 4 is 27.9 Å². The van der Waals surface area contributed by atoms with Crippen LogP contribution in [0.3, 0.4) is 0 Å². The fourth-order valence-electron chi connectivity index (χ4n) is 2.53. The molecule has 0 unspecified atom stereocenters. The number of aromatic nitrogens is 1. The molecule has 1 aliphatic carbocycles. The summed E-state index contributed by atoms with van der Waals surface area (Å²) in [6.07, 6.45) is -0.201. The fourth-order valence-corrected chi connectivity index (χ4v) is 2.92. The van der Waals surface area contributed by atoms with Crippen molar-refractivity contribution in [2.24, 2.45) is 5.92 Å². The molecule has 0 atom stereocenters. The molecule has 1 aliphatic rings. The lowest BCUT2D eigenvalue weighted by Gasteiger charge is -2.32.